The molecule has 29 heavy (non-hydrogen) atoms. The molecule has 1 atom stereocenters. The van der Waals surface area contributed by atoms with E-state index in [2.05, 4.69) is 0 Å². The van der Waals surface area contributed by atoms with Crippen molar-refractivity contribution in [3.63, 3.8) is 0 Å². The normalized spacial score (nSPS) is 13.8. The molecule has 3 N–H and O–H groups in total. The van der Waals surface area contributed by atoms with E-state index in [1.54, 1.807) is 12.1 Å². The zero-order valence-corrected chi connectivity index (χ0v) is 18.1. The highest BCUT2D eigenvalue weighted by Gasteiger charge is 2.53. The molecular weight excluding hydrogens is 482 g/mol. The number of rotatable bonds is 4. The summed E-state index contributed by atoms with van der Waals surface area (Å²) >= 11 is 24.7. The van der Waals surface area contributed by atoms with Crippen molar-refractivity contribution < 1.29 is 23.2 Å². The fourth-order valence-corrected chi connectivity index (χ4v) is 6.01. The Bertz CT molecular complexity index is 1170. The molecule has 152 valence electrons. The first kappa shape index (κ1) is 22.0. The third-order valence-corrected chi connectivity index (χ3v) is 7.30. The van der Waals surface area contributed by atoms with Gasteiger partial charge in [0.2, 0.25) is 0 Å². The van der Waals surface area contributed by atoms with Crippen LogP contribution < -0.4 is 0 Å². The highest BCUT2D eigenvalue weighted by Crippen LogP contribution is 2.56. The SMILES string of the molecule is O=S(=O)(O)C(c1ccccc1)(c1ccccc1Cl)c1c(Cl)c(O)c(Cl)c(O)c1Cl. The second-order valence-corrected chi connectivity index (χ2v) is 9.12. The van der Waals surface area contributed by atoms with Crippen molar-refractivity contribution in [2.75, 3.05) is 0 Å². The molecule has 3 aromatic carbocycles. The van der Waals surface area contributed by atoms with E-state index >= 15 is 0 Å². The summed E-state index contributed by atoms with van der Waals surface area (Å²) in [5, 5.41) is 18.8. The molecular formula is C19H12Cl4O5S. The van der Waals surface area contributed by atoms with Gasteiger partial charge in [0.05, 0.1) is 10.0 Å². The summed E-state index contributed by atoms with van der Waals surface area (Å²) in [5.74, 6) is -1.61. The molecule has 1 unspecified atom stereocenters. The Morgan fingerprint density at radius 3 is 1.69 bits per heavy atom. The topological polar surface area (TPSA) is 94.8 Å². The molecule has 0 saturated carbocycles. The molecule has 0 saturated heterocycles. The van der Waals surface area contributed by atoms with Crippen LogP contribution in [0.1, 0.15) is 16.7 Å². The van der Waals surface area contributed by atoms with Gasteiger partial charge in [-0.2, -0.15) is 8.42 Å². The van der Waals surface area contributed by atoms with Crippen molar-refractivity contribution in [1.82, 2.24) is 0 Å². The summed E-state index contributed by atoms with van der Waals surface area (Å²) in [6.07, 6.45) is 0. The van der Waals surface area contributed by atoms with Gasteiger partial charge in [0, 0.05) is 16.1 Å². The minimum atomic E-state index is -5.12. The Kier molecular flexibility index (Phi) is 5.98. The predicted octanol–water partition coefficient (Wildman–Crippen LogP) is 5.89. The third kappa shape index (κ3) is 3.34. The average molecular weight is 494 g/mol. The van der Waals surface area contributed by atoms with Crippen molar-refractivity contribution in [2.24, 2.45) is 0 Å². The van der Waals surface area contributed by atoms with Gasteiger partial charge in [0.1, 0.15) is 5.02 Å². The lowest BCUT2D eigenvalue weighted by Gasteiger charge is -2.34. The van der Waals surface area contributed by atoms with Gasteiger partial charge in [-0.3, -0.25) is 4.55 Å². The standard InChI is InChI=1S/C19H12Cl4O5S/c20-12-9-5-4-8-11(12)19(29(26,27)28,10-6-2-1-3-7-10)13-14(21)17(24)16(23)18(25)15(13)22/h1-9,24-25H,(H,26,27,28). The maximum atomic E-state index is 13.0. The maximum Gasteiger partial charge on any atom is 0.283 e. The molecule has 0 radical (unpaired) electrons. The van der Waals surface area contributed by atoms with E-state index < -0.39 is 47.0 Å². The lowest BCUT2D eigenvalue weighted by molar-refractivity contribution is 0.445. The molecule has 0 aliphatic rings. The highest BCUT2D eigenvalue weighted by molar-refractivity contribution is 7.87. The van der Waals surface area contributed by atoms with E-state index in [1.807, 2.05) is 0 Å². The Morgan fingerprint density at radius 1 is 0.724 bits per heavy atom. The second-order valence-electron chi connectivity index (χ2n) is 6.02. The van der Waals surface area contributed by atoms with Crippen LogP contribution in [0.2, 0.25) is 20.1 Å². The fourth-order valence-electron chi connectivity index (χ4n) is 3.22. The average Bonchev–Trinajstić information content (AvgIpc) is 2.68. The minimum Gasteiger partial charge on any atom is -0.505 e. The summed E-state index contributed by atoms with van der Waals surface area (Å²) in [6, 6.07) is 13.3. The van der Waals surface area contributed by atoms with Crippen LogP contribution in [0.4, 0.5) is 0 Å². The molecule has 0 aliphatic heterocycles. The zero-order chi connectivity index (χ0) is 21.6. The van der Waals surface area contributed by atoms with Gasteiger partial charge in [0.15, 0.2) is 16.2 Å². The van der Waals surface area contributed by atoms with Crippen molar-refractivity contribution >= 4 is 56.5 Å². The number of benzene rings is 3. The van der Waals surface area contributed by atoms with Crippen LogP contribution in [0.5, 0.6) is 11.5 Å². The van der Waals surface area contributed by atoms with Gasteiger partial charge >= 0.3 is 0 Å². The number of hydrogen-bond donors (Lipinski definition) is 3. The quantitative estimate of drug-likeness (QED) is 0.311. The van der Waals surface area contributed by atoms with Gasteiger partial charge in [-0.1, -0.05) is 94.9 Å². The zero-order valence-electron chi connectivity index (χ0n) is 14.3. The van der Waals surface area contributed by atoms with E-state index in [9.17, 15) is 23.2 Å². The molecule has 3 aromatic rings. The lowest BCUT2D eigenvalue weighted by atomic mass is 9.83. The van der Waals surface area contributed by atoms with Gasteiger partial charge in [0.25, 0.3) is 10.1 Å². The number of phenols is 2. The lowest BCUT2D eigenvalue weighted by Crippen LogP contribution is -2.39. The largest absolute Gasteiger partial charge is 0.505 e. The summed E-state index contributed by atoms with van der Waals surface area (Å²) in [5.41, 5.74) is -0.581. The number of phenolic OH excluding ortho intramolecular Hbond substituents is 2. The smallest absolute Gasteiger partial charge is 0.283 e. The summed E-state index contributed by atoms with van der Waals surface area (Å²) in [7, 11) is -5.12. The monoisotopic (exact) mass is 492 g/mol. The Labute approximate surface area is 186 Å². The highest BCUT2D eigenvalue weighted by atomic mass is 35.5. The van der Waals surface area contributed by atoms with E-state index in [1.165, 1.54) is 42.5 Å². The third-order valence-electron chi connectivity index (χ3n) is 4.44. The first-order chi connectivity index (χ1) is 13.5. The van der Waals surface area contributed by atoms with Gasteiger partial charge < -0.3 is 10.2 Å². The molecule has 0 fully saturated rings. The molecule has 10 heteroatoms. The summed E-state index contributed by atoms with van der Waals surface area (Å²) in [4.78, 5) is 0. The van der Waals surface area contributed by atoms with Crippen molar-refractivity contribution in [1.29, 1.82) is 0 Å². The number of hydrogen-bond acceptors (Lipinski definition) is 4. The molecule has 5 nitrogen and oxygen atoms in total. The first-order valence-electron chi connectivity index (χ1n) is 7.91. The van der Waals surface area contributed by atoms with E-state index in [0.717, 1.165) is 0 Å². The van der Waals surface area contributed by atoms with E-state index in [0.29, 0.717) is 0 Å². The van der Waals surface area contributed by atoms with Crippen LogP contribution in [0.15, 0.2) is 54.6 Å². The molecule has 0 spiro atoms. The van der Waals surface area contributed by atoms with Crippen molar-refractivity contribution in [3.05, 3.63) is 91.4 Å². The minimum absolute atomic E-state index is 0.0144. The molecule has 0 heterocycles. The number of aromatic hydroxyl groups is 2. The summed E-state index contributed by atoms with van der Waals surface area (Å²) in [6.45, 7) is 0. The molecule has 0 bridgehead atoms. The predicted molar refractivity (Wildman–Crippen MR) is 114 cm³/mol. The number of halogens is 4. The Morgan fingerprint density at radius 2 is 1.21 bits per heavy atom. The van der Waals surface area contributed by atoms with Crippen molar-refractivity contribution in [3.8, 4) is 11.5 Å². The van der Waals surface area contributed by atoms with E-state index in [4.69, 9.17) is 46.4 Å². The molecule has 3 rings (SSSR count). The van der Waals surface area contributed by atoms with Crippen LogP contribution in [-0.4, -0.2) is 23.2 Å². The fraction of sp³-hybridized carbons (Fsp3) is 0.0526. The first-order valence-corrected chi connectivity index (χ1v) is 10.9. The summed E-state index contributed by atoms with van der Waals surface area (Å²) < 4.78 is 34.0. The second kappa shape index (κ2) is 7.87. The van der Waals surface area contributed by atoms with Crippen molar-refractivity contribution in [2.45, 2.75) is 4.75 Å². The van der Waals surface area contributed by atoms with Crippen LogP contribution in [0, 0.1) is 0 Å². The van der Waals surface area contributed by atoms with Gasteiger partial charge in [-0.25, -0.2) is 0 Å². The van der Waals surface area contributed by atoms with Crippen LogP contribution in [0.3, 0.4) is 0 Å². The Balaban J connectivity index is 2.69. The van der Waals surface area contributed by atoms with Gasteiger partial charge in [-0.15, -0.1) is 0 Å². The van der Waals surface area contributed by atoms with Gasteiger partial charge in [-0.05, 0) is 11.6 Å². The maximum absolute atomic E-state index is 13.0. The Hall–Kier alpha value is -1.67. The van der Waals surface area contributed by atoms with Crippen LogP contribution >= 0.6 is 46.4 Å². The van der Waals surface area contributed by atoms with Crippen LogP contribution in [0.25, 0.3) is 0 Å². The molecule has 0 aliphatic carbocycles. The molecule has 0 amide bonds. The van der Waals surface area contributed by atoms with E-state index in [-0.39, 0.29) is 16.1 Å². The molecule has 0 aromatic heterocycles. The van der Waals surface area contributed by atoms with Crippen LogP contribution in [-0.2, 0) is 14.9 Å².